The van der Waals surface area contributed by atoms with Crippen molar-refractivity contribution in [2.24, 2.45) is 0 Å². The molecule has 0 saturated carbocycles. The summed E-state index contributed by atoms with van der Waals surface area (Å²) in [5.41, 5.74) is 1.17. The minimum Gasteiger partial charge on any atom is -0.490 e. The van der Waals surface area contributed by atoms with Gasteiger partial charge in [-0.25, -0.2) is 4.98 Å². The van der Waals surface area contributed by atoms with Gasteiger partial charge in [-0.3, -0.25) is 0 Å². The summed E-state index contributed by atoms with van der Waals surface area (Å²) in [5.74, 6) is 0.915. The minimum atomic E-state index is 0.641. The number of aryl methyl sites for hydroxylation is 1. The molecule has 0 aliphatic heterocycles. The molecule has 1 aromatic heterocycles. The van der Waals surface area contributed by atoms with Crippen LogP contribution in [0.15, 0.2) is 42.6 Å². The highest BCUT2D eigenvalue weighted by atomic mass is 32.1. The summed E-state index contributed by atoms with van der Waals surface area (Å²) in [5, 5.41) is 1.10. The predicted octanol–water partition coefficient (Wildman–Crippen LogP) is 6.67. The first-order valence-electron chi connectivity index (χ1n) is 9.16. The maximum atomic E-state index is 5.74. The molecule has 1 aromatic carbocycles. The number of thiazole rings is 1. The van der Waals surface area contributed by atoms with Gasteiger partial charge in [0.1, 0.15) is 17.4 Å². The summed E-state index contributed by atoms with van der Waals surface area (Å²) in [4.78, 5) is 5.95. The molecule has 0 atom stereocenters. The average Bonchev–Trinajstić information content (AvgIpc) is 3.08. The van der Waals surface area contributed by atoms with Crippen LogP contribution in [0.2, 0.25) is 0 Å². The van der Waals surface area contributed by atoms with Crippen LogP contribution < -0.4 is 4.74 Å². The topological polar surface area (TPSA) is 22.1 Å². The van der Waals surface area contributed by atoms with Crippen LogP contribution >= 0.6 is 11.3 Å². The highest BCUT2D eigenvalue weighted by Gasteiger charge is 2.05. The fourth-order valence-electron chi connectivity index (χ4n) is 2.45. The standard InChI is InChI=1S/C21H29NOS/c1-3-5-7-8-10-16-23-19-14-12-18(13-15-19)21-22-17-20(24-21)11-9-6-4-2/h8,10,12-15,17H,3-7,9,11,16H2,1-2H3/b10-8+. The lowest BCUT2D eigenvalue weighted by atomic mass is 10.2. The fourth-order valence-corrected chi connectivity index (χ4v) is 3.41. The van der Waals surface area contributed by atoms with E-state index in [0.717, 1.165) is 23.6 Å². The first-order chi connectivity index (χ1) is 11.8. The molecule has 2 nitrogen and oxygen atoms in total. The molecular weight excluding hydrogens is 314 g/mol. The van der Waals surface area contributed by atoms with Gasteiger partial charge in [0.2, 0.25) is 0 Å². The number of benzene rings is 1. The molecule has 130 valence electrons. The number of aromatic nitrogens is 1. The zero-order valence-electron chi connectivity index (χ0n) is 15.0. The van der Waals surface area contributed by atoms with E-state index in [0.29, 0.717) is 6.61 Å². The highest BCUT2D eigenvalue weighted by Crippen LogP contribution is 2.27. The van der Waals surface area contributed by atoms with E-state index >= 15 is 0 Å². The second kappa shape index (κ2) is 11.0. The molecule has 0 N–H and O–H groups in total. The number of ether oxygens (including phenoxy) is 1. The van der Waals surface area contributed by atoms with Gasteiger partial charge in [0.05, 0.1) is 0 Å². The molecule has 24 heavy (non-hydrogen) atoms. The van der Waals surface area contributed by atoms with E-state index in [-0.39, 0.29) is 0 Å². The van der Waals surface area contributed by atoms with Crippen LogP contribution in [0.3, 0.4) is 0 Å². The van der Waals surface area contributed by atoms with Gasteiger partial charge >= 0.3 is 0 Å². The van der Waals surface area contributed by atoms with Gasteiger partial charge in [0.25, 0.3) is 0 Å². The van der Waals surface area contributed by atoms with Crippen LogP contribution in [0.1, 0.15) is 57.2 Å². The Morgan fingerprint density at radius 1 is 1.00 bits per heavy atom. The molecular formula is C21H29NOS. The summed E-state index contributed by atoms with van der Waals surface area (Å²) >= 11 is 1.81. The Morgan fingerprint density at radius 3 is 2.54 bits per heavy atom. The van der Waals surface area contributed by atoms with Crippen molar-refractivity contribution in [3.63, 3.8) is 0 Å². The van der Waals surface area contributed by atoms with Crippen molar-refractivity contribution in [2.75, 3.05) is 6.61 Å². The second-order valence-corrected chi connectivity index (χ2v) is 7.15. The largest absolute Gasteiger partial charge is 0.490 e. The van der Waals surface area contributed by atoms with Crippen LogP contribution in [0.25, 0.3) is 10.6 Å². The number of allylic oxidation sites excluding steroid dienone is 1. The Bertz CT molecular complexity index is 601. The molecule has 0 saturated heterocycles. The van der Waals surface area contributed by atoms with Crippen LogP contribution in [-0.4, -0.2) is 11.6 Å². The molecule has 1 heterocycles. The van der Waals surface area contributed by atoms with Crippen molar-refractivity contribution in [1.29, 1.82) is 0 Å². The molecule has 3 heteroatoms. The second-order valence-electron chi connectivity index (χ2n) is 6.04. The van der Waals surface area contributed by atoms with Gasteiger partial charge in [-0.15, -0.1) is 11.3 Å². The molecule has 2 aromatic rings. The number of hydrogen-bond donors (Lipinski definition) is 0. The number of nitrogens with zero attached hydrogens (tertiary/aromatic N) is 1. The van der Waals surface area contributed by atoms with Gasteiger partial charge in [0, 0.05) is 16.6 Å². The molecule has 0 unspecified atom stereocenters. The van der Waals surface area contributed by atoms with Crippen LogP contribution in [0.5, 0.6) is 5.75 Å². The SMILES string of the molecule is CCCC/C=C/COc1ccc(-c2ncc(CCCCC)s2)cc1. The molecule has 0 aliphatic rings. The quantitative estimate of drug-likeness (QED) is 0.336. The van der Waals surface area contributed by atoms with Crippen molar-refractivity contribution in [3.05, 3.63) is 47.5 Å². The van der Waals surface area contributed by atoms with E-state index in [1.165, 1.54) is 42.5 Å². The van der Waals surface area contributed by atoms with Crippen molar-refractivity contribution >= 4 is 11.3 Å². The summed E-state index contributed by atoms with van der Waals surface area (Å²) in [6.45, 7) is 5.09. The Kier molecular flexibility index (Phi) is 8.61. The summed E-state index contributed by atoms with van der Waals surface area (Å²) in [6, 6.07) is 8.27. The van der Waals surface area contributed by atoms with Gasteiger partial charge < -0.3 is 4.74 Å². The Labute approximate surface area is 150 Å². The van der Waals surface area contributed by atoms with E-state index in [2.05, 4.69) is 43.1 Å². The van der Waals surface area contributed by atoms with Crippen molar-refractivity contribution in [3.8, 4) is 16.3 Å². The number of unbranched alkanes of at least 4 members (excludes halogenated alkanes) is 4. The minimum absolute atomic E-state index is 0.641. The fraction of sp³-hybridized carbons (Fsp3) is 0.476. The first kappa shape index (κ1) is 18.7. The van der Waals surface area contributed by atoms with E-state index < -0.39 is 0 Å². The smallest absolute Gasteiger partial charge is 0.123 e. The normalized spacial score (nSPS) is 11.2. The third-order valence-electron chi connectivity index (χ3n) is 3.92. The Morgan fingerprint density at radius 2 is 1.79 bits per heavy atom. The third-order valence-corrected chi connectivity index (χ3v) is 5.02. The van der Waals surface area contributed by atoms with E-state index in [1.807, 2.05) is 29.7 Å². The maximum absolute atomic E-state index is 5.74. The lowest BCUT2D eigenvalue weighted by molar-refractivity contribution is 0.362. The van der Waals surface area contributed by atoms with Gasteiger partial charge in [-0.05, 0) is 43.5 Å². The van der Waals surface area contributed by atoms with Crippen molar-refractivity contribution < 1.29 is 4.74 Å². The van der Waals surface area contributed by atoms with Crippen LogP contribution in [0.4, 0.5) is 0 Å². The molecule has 2 rings (SSSR count). The van der Waals surface area contributed by atoms with Crippen molar-refractivity contribution in [1.82, 2.24) is 4.98 Å². The van der Waals surface area contributed by atoms with Gasteiger partial charge in [0.15, 0.2) is 0 Å². The van der Waals surface area contributed by atoms with Crippen LogP contribution in [0, 0.1) is 0 Å². The van der Waals surface area contributed by atoms with Gasteiger partial charge in [-0.2, -0.15) is 0 Å². The van der Waals surface area contributed by atoms with Gasteiger partial charge in [-0.1, -0.05) is 51.7 Å². The molecule has 0 amide bonds. The third kappa shape index (κ3) is 6.48. The van der Waals surface area contributed by atoms with Crippen LogP contribution in [-0.2, 0) is 6.42 Å². The van der Waals surface area contributed by atoms with E-state index in [1.54, 1.807) is 0 Å². The molecule has 0 fully saturated rings. The molecule has 0 aliphatic carbocycles. The number of rotatable bonds is 11. The number of hydrogen-bond acceptors (Lipinski definition) is 3. The molecule has 0 bridgehead atoms. The summed E-state index contributed by atoms with van der Waals surface area (Å²) in [7, 11) is 0. The summed E-state index contributed by atoms with van der Waals surface area (Å²) in [6.07, 6.45) is 14.9. The average molecular weight is 344 g/mol. The Hall–Kier alpha value is -1.61. The maximum Gasteiger partial charge on any atom is 0.123 e. The molecule has 0 spiro atoms. The molecule has 0 radical (unpaired) electrons. The summed E-state index contributed by atoms with van der Waals surface area (Å²) < 4.78 is 5.74. The lowest BCUT2D eigenvalue weighted by Gasteiger charge is -2.04. The zero-order valence-corrected chi connectivity index (χ0v) is 15.8. The van der Waals surface area contributed by atoms with E-state index in [9.17, 15) is 0 Å². The van der Waals surface area contributed by atoms with Crippen molar-refractivity contribution in [2.45, 2.75) is 58.8 Å². The van der Waals surface area contributed by atoms with E-state index in [4.69, 9.17) is 4.74 Å². The first-order valence-corrected chi connectivity index (χ1v) is 9.98. The predicted molar refractivity (Wildman–Crippen MR) is 105 cm³/mol. The zero-order chi connectivity index (χ0) is 17.0. The highest BCUT2D eigenvalue weighted by molar-refractivity contribution is 7.15. The lowest BCUT2D eigenvalue weighted by Crippen LogP contribution is -1.92. The Balaban J connectivity index is 1.82. The monoisotopic (exact) mass is 343 g/mol.